The number of hydrogen-bond acceptors (Lipinski definition) is 3. The smallest absolute Gasteiger partial charge is 0.227 e. The van der Waals surface area contributed by atoms with E-state index in [1.54, 1.807) is 0 Å². The van der Waals surface area contributed by atoms with Gasteiger partial charge >= 0.3 is 0 Å². The number of aliphatic hydroxyl groups is 1. The SMILES string of the molecule is Cc1cccc(CC(=O)N2CCN([C@@H]3CCC[C@@H]3O)CC2)c1. The number of benzene rings is 1. The van der Waals surface area contributed by atoms with E-state index < -0.39 is 0 Å². The van der Waals surface area contributed by atoms with E-state index in [1.807, 2.05) is 17.0 Å². The molecule has 1 aromatic carbocycles. The van der Waals surface area contributed by atoms with Gasteiger partial charge in [-0.05, 0) is 31.7 Å². The van der Waals surface area contributed by atoms with E-state index in [9.17, 15) is 9.90 Å². The lowest BCUT2D eigenvalue weighted by molar-refractivity contribution is -0.132. The Kier molecular flexibility index (Phi) is 4.79. The highest BCUT2D eigenvalue weighted by Crippen LogP contribution is 2.25. The molecule has 1 aromatic rings. The highest BCUT2D eigenvalue weighted by molar-refractivity contribution is 5.79. The van der Waals surface area contributed by atoms with E-state index in [-0.39, 0.29) is 12.0 Å². The van der Waals surface area contributed by atoms with E-state index in [0.29, 0.717) is 12.5 Å². The van der Waals surface area contributed by atoms with Crippen molar-refractivity contribution in [2.24, 2.45) is 0 Å². The highest BCUT2D eigenvalue weighted by Gasteiger charge is 2.33. The zero-order valence-electron chi connectivity index (χ0n) is 13.4. The predicted octanol–water partition coefficient (Wildman–Crippen LogP) is 1.60. The van der Waals surface area contributed by atoms with Crippen LogP contribution in [0.4, 0.5) is 0 Å². The fourth-order valence-corrected chi connectivity index (χ4v) is 3.76. The Bertz CT molecular complexity index is 524. The van der Waals surface area contributed by atoms with Gasteiger partial charge in [0.2, 0.25) is 5.91 Å². The van der Waals surface area contributed by atoms with Crippen LogP contribution < -0.4 is 0 Å². The number of nitrogens with zero attached hydrogens (tertiary/aromatic N) is 2. The normalized spacial score (nSPS) is 26.4. The summed E-state index contributed by atoms with van der Waals surface area (Å²) in [6.45, 7) is 5.41. The second kappa shape index (κ2) is 6.80. The molecule has 2 atom stereocenters. The molecule has 2 aliphatic rings. The summed E-state index contributed by atoms with van der Waals surface area (Å²) in [6, 6.07) is 8.49. The van der Waals surface area contributed by atoms with Gasteiger partial charge in [-0.15, -0.1) is 0 Å². The van der Waals surface area contributed by atoms with E-state index in [2.05, 4.69) is 24.0 Å². The molecule has 120 valence electrons. The van der Waals surface area contributed by atoms with Crippen molar-refractivity contribution >= 4 is 5.91 Å². The molecular weight excluding hydrogens is 276 g/mol. The quantitative estimate of drug-likeness (QED) is 0.922. The third-order valence-electron chi connectivity index (χ3n) is 5.02. The minimum Gasteiger partial charge on any atom is -0.391 e. The molecule has 0 unspecified atom stereocenters. The molecule has 1 aliphatic carbocycles. The Labute approximate surface area is 132 Å². The van der Waals surface area contributed by atoms with Crippen LogP contribution in [0.3, 0.4) is 0 Å². The predicted molar refractivity (Wildman–Crippen MR) is 86.7 cm³/mol. The summed E-state index contributed by atoms with van der Waals surface area (Å²) in [4.78, 5) is 16.8. The van der Waals surface area contributed by atoms with Crippen LogP contribution in [0.5, 0.6) is 0 Å². The van der Waals surface area contributed by atoms with Crippen molar-refractivity contribution in [3.05, 3.63) is 35.4 Å². The fraction of sp³-hybridized carbons (Fsp3) is 0.611. The van der Waals surface area contributed by atoms with E-state index >= 15 is 0 Å². The molecule has 4 heteroatoms. The van der Waals surface area contributed by atoms with Crippen LogP contribution >= 0.6 is 0 Å². The van der Waals surface area contributed by atoms with Crippen LogP contribution in [0.15, 0.2) is 24.3 Å². The van der Waals surface area contributed by atoms with Gasteiger partial charge in [0, 0.05) is 32.2 Å². The van der Waals surface area contributed by atoms with Gasteiger partial charge in [-0.25, -0.2) is 0 Å². The summed E-state index contributed by atoms with van der Waals surface area (Å²) >= 11 is 0. The van der Waals surface area contributed by atoms with Crippen LogP contribution in [0.2, 0.25) is 0 Å². The van der Waals surface area contributed by atoms with E-state index in [0.717, 1.165) is 51.0 Å². The molecule has 0 spiro atoms. The number of aliphatic hydroxyl groups excluding tert-OH is 1. The second-order valence-electron chi connectivity index (χ2n) is 6.65. The van der Waals surface area contributed by atoms with Gasteiger partial charge in [0.25, 0.3) is 0 Å². The van der Waals surface area contributed by atoms with Crippen LogP contribution in [0.25, 0.3) is 0 Å². The summed E-state index contributed by atoms with van der Waals surface area (Å²) in [5.74, 6) is 0.220. The summed E-state index contributed by atoms with van der Waals surface area (Å²) < 4.78 is 0. The Morgan fingerprint density at radius 1 is 1.23 bits per heavy atom. The molecule has 1 heterocycles. The number of rotatable bonds is 3. The molecule has 0 bridgehead atoms. The van der Waals surface area contributed by atoms with Crippen molar-refractivity contribution in [3.63, 3.8) is 0 Å². The van der Waals surface area contributed by atoms with Gasteiger partial charge in [0.1, 0.15) is 0 Å². The third-order valence-corrected chi connectivity index (χ3v) is 5.02. The Morgan fingerprint density at radius 2 is 2.00 bits per heavy atom. The number of carbonyl (C=O) groups excluding carboxylic acids is 1. The monoisotopic (exact) mass is 302 g/mol. The molecule has 1 amide bonds. The van der Waals surface area contributed by atoms with Crippen molar-refractivity contribution in [3.8, 4) is 0 Å². The topological polar surface area (TPSA) is 43.8 Å². The van der Waals surface area contributed by atoms with Gasteiger partial charge < -0.3 is 10.0 Å². The van der Waals surface area contributed by atoms with Gasteiger partial charge in [-0.3, -0.25) is 9.69 Å². The molecule has 22 heavy (non-hydrogen) atoms. The number of aryl methyl sites for hydroxylation is 1. The van der Waals surface area contributed by atoms with Gasteiger partial charge in [-0.1, -0.05) is 29.8 Å². The Morgan fingerprint density at radius 3 is 2.64 bits per heavy atom. The average molecular weight is 302 g/mol. The molecule has 3 rings (SSSR count). The molecule has 1 saturated carbocycles. The minimum absolute atomic E-state index is 0.172. The molecule has 1 aliphatic heterocycles. The molecule has 0 aromatic heterocycles. The maximum absolute atomic E-state index is 12.4. The first-order valence-electron chi connectivity index (χ1n) is 8.39. The lowest BCUT2D eigenvalue weighted by atomic mass is 10.1. The molecule has 0 radical (unpaired) electrons. The fourth-order valence-electron chi connectivity index (χ4n) is 3.76. The summed E-state index contributed by atoms with van der Waals surface area (Å²) in [6.07, 6.45) is 3.47. The number of amides is 1. The molecule has 2 fully saturated rings. The van der Waals surface area contributed by atoms with E-state index in [1.165, 1.54) is 5.56 Å². The highest BCUT2D eigenvalue weighted by atomic mass is 16.3. The van der Waals surface area contributed by atoms with Crippen molar-refractivity contribution in [2.45, 2.75) is 44.8 Å². The lowest BCUT2D eigenvalue weighted by Gasteiger charge is -2.39. The molecule has 4 nitrogen and oxygen atoms in total. The maximum atomic E-state index is 12.4. The number of hydrogen-bond donors (Lipinski definition) is 1. The summed E-state index contributed by atoms with van der Waals surface area (Å²) in [5.41, 5.74) is 2.30. The van der Waals surface area contributed by atoms with Gasteiger partial charge in [0.15, 0.2) is 0 Å². The van der Waals surface area contributed by atoms with Gasteiger partial charge in [-0.2, -0.15) is 0 Å². The largest absolute Gasteiger partial charge is 0.391 e. The number of piperazine rings is 1. The standard InChI is InChI=1S/C18H26N2O2/c1-14-4-2-5-15(12-14)13-18(22)20-10-8-19(9-11-20)16-6-3-7-17(16)21/h2,4-5,12,16-17,21H,3,6-11,13H2,1H3/t16-,17+/m1/s1. The van der Waals surface area contributed by atoms with Crippen LogP contribution in [-0.4, -0.2) is 59.1 Å². The Hall–Kier alpha value is -1.39. The van der Waals surface area contributed by atoms with Crippen LogP contribution in [0, 0.1) is 6.92 Å². The minimum atomic E-state index is -0.172. The number of carbonyl (C=O) groups is 1. The first-order chi connectivity index (χ1) is 10.6. The summed E-state index contributed by atoms with van der Waals surface area (Å²) in [5, 5.41) is 10.0. The summed E-state index contributed by atoms with van der Waals surface area (Å²) in [7, 11) is 0. The first kappa shape index (κ1) is 15.5. The van der Waals surface area contributed by atoms with Crippen LogP contribution in [-0.2, 0) is 11.2 Å². The molecular formula is C18H26N2O2. The third kappa shape index (κ3) is 3.50. The first-order valence-corrected chi connectivity index (χ1v) is 8.39. The average Bonchev–Trinajstić information content (AvgIpc) is 2.93. The second-order valence-corrected chi connectivity index (χ2v) is 6.65. The zero-order chi connectivity index (χ0) is 15.5. The lowest BCUT2D eigenvalue weighted by Crippen LogP contribution is -2.53. The van der Waals surface area contributed by atoms with Crippen molar-refractivity contribution in [2.75, 3.05) is 26.2 Å². The van der Waals surface area contributed by atoms with Crippen molar-refractivity contribution in [1.82, 2.24) is 9.80 Å². The van der Waals surface area contributed by atoms with Crippen molar-refractivity contribution in [1.29, 1.82) is 0 Å². The molecule has 1 N–H and O–H groups in total. The molecule has 1 saturated heterocycles. The van der Waals surface area contributed by atoms with Crippen molar-refractivity contribution < 1.29 is 9.90 Å². The zero-order valence-corrected chi connectivity index (χ0v) is 13.4. The van der Waals surface area contributed by atoms with Gasteiger partial charge in [0.05, 0.1) is 12.5 Å². The van der Waals surface area contributed by atoms with E-state index in [4.69, 9.17) is 0 Å². The Balaban J connectivity index is 1.51. The van der Waals surface area contributed by atoms with Crippen LogP contribution in [0.1, 0.15) is 30.4 Å². The maximum Gasteiger partial charge on any atom is 0.227 e.